The Morgan fingerprint density at radius 1 is 1.13 bits per heavy atom. The van der Waals surface area contributed by atoms with Crippen LogP contribution in [0.4, 0.5) is 5.69 Å². The Balaban J connectivity index is 1.90. The number of aromatic nitrogens is 2. The number of rotatable bonds is 4. The second kappa shape index (κ2) is 9.13. The van der Waals surface area contributed by atoms with Gasteiger partial charge in [0.25, 0.3) is 5.91 Å². The highest BCUT2D eigenvalue weighted by Gasteiger charge is 2.13. The predicted octanol–water partition coefficient (Wildman–Crippen LogP) is 4.71. The summed E-state index contributed by atoms with van der Waals surface area (Å²) in [6.45, 7) is 8.26. The van der Waals surface area contributed by atoms with Crippen LogP contribution in [0, 0.1) is 27.7 Å². The molecule has 7 heteroatoms. The number of benzene rings is 2. The van der Waals surface area contributed by atoms with Crippen LogP contribution in [-0.2, 0) is 13.6 Å². The van der Waals surface area contributed by atoms with Crippen LogP contribution in [0.1, 0.15) is 38.4 Å². The lowest BCUT2D eigenvalue weighted by molar-refractivity contribution is 0.0977. The van der Waals surface area contributed by atoms with E-state index in [2.05, 4.69) is 20.7 Å². The summed E-state index contributed by atoms with van der Waals surface area (Å²) < 4.78 is 1.84. The Morgan fingerprint density at radius 3 is 2.53 bits per heavy atom. The van der Waals surface area contributed by atoms with E-state index in [1.165, 1.54) is 0 Å². The number of anilines is 1. The van der Waals surface area contributed by atoms with Crippen molar-refractivity contribution in [2.45, 2.75) is 34.2 Å². The van der Waals surface area contributed by atoms with Gasteiger partial charge >= 0.3 is 0 Å². The molecule has 156 valence electrons. The molecule has 1 amide bonds. The number of guanidine groups is 1. The van der Waals surface area contributed by atoms with E-state index < -0.39 is 0 Å². The lowest BCUT2D eigenvalue weighted by atomic mass is 10.1. The van der Waals surface area contributed by atoms with Crippen molar-refractivity contribution >= 4 is 29.2 Å². The molecule has 6 nitrogen and oxygen atoms in total. The minimum absolute atomic E-state index is 0.226. The molecule has 0 unspecified atom stereocenters. The number of carbonyl (C=O) groups is 1. The number of carbonyl (C=O) groups excluding carboxylic acids is 1. The number of nitrogens with zero attached hydrogens (tertiary/aromatic N) is 3. The molecule has 3 aromatic rings. The fraction of sp³-hybridized carbons (Fsp3) is 0.261. The van der Waals surface area contributed by atoms with Crippen molar-refractivity contribution in [2.75, 3.05) is 5.32 Å². The zero-order valence-corrected chi connectivity index (χ0v) is 18.6. The van der Waals surface area contributed by atoms with Gasteiger partial charge in [-0.15, -0.1) is 0 Å². The van der Waals surface area contributed by atoms with Gasteiger partial charge in [-0.3, -0.25) is 14.8 Å². The van der Waals surface area contributed by atoms with Gasteiger partial charge in [0.05, 0.1) is 12.2 Å². The van der Waals surface area contributed by atoms with Crippen molar-refractivity contribution in [1.82, 2.24) is 15.1 Å². The molecule has 0 spiro atoms. The van der Waals surface area contributed by atoms with Gasteiger partial charge in [0.2, 0.25) is 5.96 Å². The van der Waals surface area contributed by atoms with Crippen molar-refractivity contribution < 1.29 is 4.79 Å². The molecule has 0 bridgehead atoms. The number of aryl methyl sites for hydroxylation is 4. The van der Waals surface area contributed by atoms with Crippen molar-refractivity contribution in [3.63, 3.8) is 0 Å². The first-order valence-corrected chi connectivity index (χ1v) is 10.1. The molecule has 0 atom stereocenters. The lowest BCUT2D eigenvalue weighted by Crippen LogP contribution is -2.36. The van der Waals surface area contributed by atoms with E-state index in [-0.39, 0.29) is 5.91 Å². The summed E-state index contributed by atoms with van der Waals surface area (Å²) in [5.74, 6) is 0.144. The molecule has 30 heavy (non-hydrogen) atoms. The van der Waals surface area contributed by atoms with Crippen molar-refractivity contribution in [1.29, 1.82) is 0 Å². The number of aliphatic imine (C=N–C) groups is 1. The molecule has 0 aliphatic carbocycles. The van der Waals surface area contributed by atoms with Crippen molar-refractivity contribution in [3.05, 3.63) is 81.1 Å². The summed E-state index contributed by atoms with van der Waals surface area (Å²) >= 11 is 6.07. The van der Waals surface area contributed by atoms with E-state index >= 15 is 0 Å². The van der Waals surface area contributed by atoms with Gasteiger partial charge < -0.3 is 5.32 Å². The average Bonchev–Trinajstić information content (AvgIpc) is 2.93. The first kappa shape index (κ1) is 21.6. The van der Waals surface area contributed by atoms with Crippen molar-refractivity contribution in [3.8, 4) is 0 Å². The minimum Gasteiger partial charge on any atom is -0.326 e. The summed E-state index contributed by atoms with van der Waals surface area (Å²) in [4.78, 5) is 17.5. The summed E-state index contributed by atoms with van der Waals surface area (Å²) in [6.07, 6.45) is 0. The van der Waals surface area contributed by atoms with Gasteiger partial charge in [-0.1, -0.05) is 29.3 Å². The lowest BCUT2D eigenvalue weighted by Gasteiger charge is -2.14. The van der Waals surface area contributed by atoms with Crippen LogP contribution >= 0.6 is 11.6 Å². The van der Waals surface area contributed by atoms with Crippen LogP contribution < -0.4 is 10.6 Å². The topological polar surface area (TPSA) is 71.3 Å². The van der Waals surface area contributed by atoms with Crippen LogP contribution in [0.15, 0.2) is 47.5 Å². The van der Waals surface area contributed by atoms with E-state index in [0.717, 1.165) is 33.8 Å². The zero-order valence-electron chi connectivity index (χ0n) is 17.9. The molecule has 0 saturated heterocycles. The molecule has 1 aromatic heterocycles. The van der Waals surface area contributed by atoms with E-state index in [0.29, 0.717) is 23.1 Å². The maximum absolute atomic E-state index is 12.8. The highest BCUT2D eigenvalue weighted by atomic mass is 35.5. The van der Waals surface area contributed by atoms with E-state index in [1.54, 1.807) is 12.1 Å². The quantitative estimate of drug-likeness (QED) is 0.471. The highest BCUT2D eigenvalue weighted by Crippen LogP contribution is 2.20. The number of halogens is 1. The maximum Gasteiger partial charge on any atom is 0.257 e. The fourth-order valence-corrected chi connectivity index (χ4v) is 3.40. The number of hydrogen-bond donors (Lipinski definition) is 2. The maximum atomic E-state index is 12.8. The van der Waals surface area contributed by atoms with E-state index in [1.807, 2.05) is 69.8 Å². The largest absolute Gasteiger partial charge is 0.326 e. The molecule has 1 heterocycles. The van der Waals surface area contributed by atoms with Crippen LogP contribution in [0.2, 0.25) is 5.02 Å². The molecule has 0 saturated carbocycles. The molecular weight excluding hydrogens is 398 g/mol. The normalized spacial score (nSPS) is 11.5. The Kier molecular flexibility index (Phi) is 6.57. The third-order valence-electron chi connectivity index (χ3n) is 5.01. The standard InChI is InChI=1S/C23H26ClN5O/c1-14-7-6-8-18(11-14)22(30)27-23(26-21-10-9-19(24)12-15(21)2)25-13-20-16(3)28-29(5)17(20)4/h6-12H,13H2,1-5H3,(H2,25,26,27,30). The van der Waals surface area contributed by atoms with Crippen LogP contribution in [-0.4, -0.2) is 21.6 Å². The van der Waals surface area contributed by atoms with Crippen LogP contribution in [0.25, 0.3) is 0 Å². The van der Waals surface area contributed by atoms with Crippen molar-refractivity contribution in [2.24, 2.45) is 12.0 Å². The number of hydrogen-bond acceptors (Lipinski definition) is 3. The Morgan fingerprint density at radius 2 is 1.90 bits per heavy atom. The Hall–Kier alpha value is -3.12. The summed E-state index contributed by atoms with van der Waals surface area (Å²) in [6, 6.07) is 13.0. The fourth-order valence-electron chi connectivity index (χ4n) is 3.18. The average molecular weight is 424 g/mol. The van der Waals surface area contributed by atoms with Gasteiger partial charge in [0.15, 0.2) is 0 Å². The third-order valence-corrected chi connectivity index (χ3v) is 5.24. The minimum atomic E-state index is -0.226. The number of amides is 1. The first-order valence-electron chi connectivity index (χ1n) is 9.69. The molecule has 0 fully saturated rings. The van der Waals surface area contributed by atoms with Crippen LogP contribution in [0.3, 0.4) is 0 Å². The molecule has 0 aliphatic heterocycles. The number of nitrogens with one attached hydrogen (secondary N) is 2. The summed E-state index contributed by atoms with van der Waals surface area (Å²) in [5, 5.41) is 11.2. The molecule has 2 N–H and O–H groups in total. The first-order chi connectivity index (χ1) is 14.2. The smallest absolute Gasteiger partial charge is 0.257 e. The predicted molar refractivity (Wildman–Crippen MR) is 122 cm³/mol. The van der Waals surface area contributed by atoms with E-state index in [9.17, 15) is 4.79 Å². The van der Waals surface area contributed by atoms with Gasteiger partial charge in [0.1, 0.15) is 0 Å². The molecule has 3 rings (SSSR count). The Bertz CT molecular complexity index is 1120. The molecule has 2 aromatic carbocycles. The highest BCUT2D eigenvalue weighted by molar-refractivity contribution is 6.30. The summed E-state index contributed by atoms with van der Waals surface area (Å²) in [7, 11) is 1.91. The van der Waals surface area contributed by atoms with Gasteiger partial charge in [-0.25, -0.2) is 4.99 Å². The van der Waals surface area contributed by atoms with Gasteiger partial charge in [-0.2, -0.15) is 5.10 Å². The van der Waals surface area contributed by atoms with Gasteiger partial charge in [-0.05, 0) is 63.6 Å². The third kappa shape index (κ3) is 5.07. The van der Waals surface area contributed by atoms with Crippen LogP contribution in [0.5, 0.6) is 0 Å². The van der Waals surface area contributed by atoms with Gasteiger partial charge in [0, 0.05) is 34.6 Å². The molecular formula is C23H26ClN5O. The summed E-state index contributed by atoms with van der Waals surface area (Å²) in [5.41, 5.74) is 6.37. The molecule has 0 radical (unpaired) electrons. The Labute approximate surface area is 182 Å². The second-order valence-electron chi connectivity index (χ2n) is 7.35. The molecule has 0 aliphatic rings. The second-order valence-corrected chi connectivity index (χ2v) is 7.78. The monoisotopic (exact) mass is 423 g/mol. The van der Waals surface area contributed by atoms with E-state index in [4.69, 9.17) is 11.6 Å². The zero-order chi connectivity index (χ0) is 21.8. The SMILES string of the molecule is Cc1cccc(C(=O)NC(=NCc2c(C)nn(C)c2C)Nc2ccc(Cl)cc2C)c1.